The highest BCUT2D eigenvalue weighted by Gasteiger charge is 2.29. The summed E-state index contributed by atoms with van der Waals surface area (Å²) in [5, 5.41) is 14.6. The Morgan fingerprint density at radius 1 is 0.886 bits per heavy atom. The summed E-state index contributed by atoms with van der Waals surface area (Å²) in [6.07, 6.45) is -0.503. The van der Waals surface area contributed by atoms with Gasteiger partial charge < -0.3 is 20.5 Å². The highest BCUT2D eigenvalue weighted by atomic mass is 16.5. The molecule has 1 unspecified atom stereocenters. The third-order valence-electron chi connectivity index (χ3n) is 6.26. The van der Waals surface area contributed by atoms with Crippen LogP contribution in [0.2, 0.25) is 0 Å². The van der Waals surface area contributed by atoms with Crippen molar-refractivity contribution in [3.05, 3.63) is 89.5 Å². The summed E-state index contributed by atoms with van der Waals surface area (Å²) < 4.78 is 5.54. The molecule has 0 fully saturated rings. The number of fused-ring (bicyclic) bond motifs is 3. The van der Waals surface area contributed by atoms with Crippen LogP contribution in [0.1, 0.15) is 48.8 Å². The quantitative estimate of drug-likeness (QED) is 0.422. The molecule has 0 radical (unpaired) electrons. The summed E-state index contributed by atoms with van der Waals surface area (Å²) in [6.45, 7) is 3.55. The van der Waals surface area contributed by atoms with Crippen molar-refractivity contribution in [3.63, 3.8) is 0 Å². The third kappa shape index (κ3) is 5.51. The molecule has 35 heavy (non-hydrogen) atoms. The molecule has 3 N–H and O–H groups in total. The van der Waals surface area contributed by atoms with Crippen LogP contribution in [0.25, 0.3) is 11.1 Å². The second-order valence-electron chi connectivity index (χ2n) is 8.81. The second-order valence-corrected chi connectivity index (χ2v) is 8.81. The molecule has 1 aliphatic rings. The van der Waals surface area contributed by atoms with Crippen molar-refractivity contribution in [1.82, 2.24) is 5.32 Å². The van der Waals surface area contributed by atoms with Crippen molar-refractivity contribution in [2.75, 3.05) is 11.9 Å². The van der Waals surface area contributed by atoms with Crippen molar-refractivity contribution in [2.45, 2.75) is 38.1 Å². The molecule has 4 rings (SSSR count). The highest BCUT2D eigenvalue weighted by molar-refractivity contribution is 5.91. The van der Waals surface area contributed by atoms with Gasteiger partial charge in [0.05, 0.1) is 5.92 Å². The molecule has 2 atom stereocenters. The highest BCUT2D eigenvalue weighted by Crippen LogP contribution is 2.44. The van der Waals surface area contributed by atoms with Crippen LogP contribution in [0.5, 0.6) is 0 Å². The Hall–Kier alpha value is -4.13. The number of hydrogen-bond acceptors (Lipinski definition) is 4. The maximum atomic E-state index is 12.4. The van der Waals surface area contributed by atoms with Crippen LogP contribution in [0.3, 0.4) is 0 Å². The molecular weight excluding hydrogens is 444 g/mol. The molecule has 3 aromatic carbocycles. The van der Waals surface area contributed by atoms with Gasteiger partial charge >= 0.3 is 12.1 Å². The Balaban J connectivity index is 1.27. The van der Waals surface area contributed by atoms with Crippen molar-refractivity contribution in [2.24, 2.45) is 0 Å². The van der Waals surface area contributed by atoms with Crippen LogP contribution in [-0.2, 0) is 14.3 Å². The average molecular weight is 473 g/mol. The Bertz CT molecular complexity index is 1190. The molecule has 7 heteroatoms. The molecule has 0 saturated heterocycles. The topological polar surface area (TPSA) is 105 Å². The van der Waals surface area contributed by atoms with E-state index in [1.165, 1.54) is 0 Å². The molecule has 1 aliphatic carbocycles. The van der Waals surface area contributed by atoms with E-state index in [4.69, 9.17) is 9.84 Å². The summed E-state index contributed by atoms with van der Waals surface area (Å²) in [7, 11) is 0. The van der Waals surface area contributed by atoms with Crippen molar-refractivity contribution in [1.29, 1.82) is 0 Å². The number of benzene rings is 3. The minimum atomic E-state index is -0.907. The van der Waals surface area contributed by atoms with E-state index in [2.05, 4.69) is 34.9 Å². The maximum absolute atomic E-state index is 12.4. The van der Waals surface area contributed by atoms with Crippen molar-refractivity contribution < 1.29 is 24.2 Å². The number of hydrogen-bond donors (Lipinski definition) is 3. The maximum Gasteiger partial charge on any atom is 0.407 e. The van der Waals surface area contributed by atoms with Gasteiger partial charge in [-0.3, -0.25) is 9.59 Å². The number of ether oxygens (including phenoxy) is 1. The summed E-state index contributed by atoms with van der Waals surface area (Å²) >= 11 is 0. The number of carboxylic acids is 1. The van der Waals surface area contributed by atoms with E-state index < -0.39 is 24.0 Å². The van der Waals surface area contributed by atoms with E-state index in [0.717, 1.165) is 22.3 Å². The van der Waals surface area contributed by atoms with E-state index >= 15 is 0 Å². The number of alkyl carbamates (subject to hydrolysis) is 1. The lowest BCUT2D eigenvalue weighted by Crippen LogP contribution is -2.36. The van der Waals surface area contributed by atoms with E-state index in [0.29, 0.717) is 11.3 Å². The van der Waals surface area contributed by atoms with Crippen LogP contribution >= 0.6 is 0 Å². The van der Waals surface area contributed by atoms with Gasteiger partial charge in [-0.05, 0) is 53.8 Å². The summed E-state index contributed by atoms with van der Waals surface area (Å²) in [5.41, 5.74) is 5.81. The molecular formula is C28H28N2O5. The smallest absolute Gasteiger partial charge is 0.407 e. The van der Waals surface area contributed by atoms with Crippen molar-refractivity contribution >= 4 is 23.7 Å². The van der Waals surface area contributed by atoms with Crippen LogP contribution in [-0.4, -0.2) is 35.7 Å². The lowest BCUT2D eigenvalue weighted by atomic mass is 9.98. The van der Waals surface area contributed by atoms with Crippen LogP contribution in [0, 0.1) is 0 Å². The number of aliphatic carboxylic acids is 1. The van der Waals surface area contributed by atoms with Gasteiger partial charge in [-0.25, -0.2) is 4.79 Å². The third-order valence-corrected chi connectivity index (χ3v) is 6.26. The van der Waals surface area contributed by atoms with E-state index in [1.54, 1.807) is 38.1 Å². The molecule has 180 valence electrons. The lowest BCUT2D eigenvalue weighted by molar-refractivity contribution is -0.138. The number of amides is 2. The fourth-order valence-electron chi connectivity index (χ4n) is 4.38. The zero-order chi connectivity index (χ0) is 24.9. The van der Waals surface area contributed by atoms with Gasteiger partial charge in [-0.2, -0.15) is 0 Å². The van der Waals surface area contributed by atoms with E-state index in [9.17, 15) is 14.4 Å². The normalized spacial score (nSPS) is 13.8. The Morgan fingerprint density at radius 2 is 1.46 bits per heavy atom. The minimum Gasteiger partial charge on any atom is -0.481 e. The van der Waals surface area contributed by atoms with Crippen LogP contribution in [0.15, 0.2) is 72.8 Å². The number of carbonyl (C=O) groups excluding carboxylic acids is 2. The number of rotatable bonds is 8. The van der Waals surface area contributed by atoms with Gasteiger partial charge in [0.15, 0.2) is 0 Å². The average Bonchev–Trinajstić information content (AvgIpc) is 3.16. The Kier molecular flexibility index (Phi) is 7.15. The Labute approximate surface area is 204 Å². The summed E-state index contributed by atoms with van der Waals surface area (Å²) in [5.74, 6) is -1.83. The monoisotopic (exact) mass is 472 g/mol. The number of anilines is 1. The molecule has 0 saturated carbocycles. The molecule has 7 nitrogen and oxygen atoms in total. The zero-order valence-corrected chi connectivity index (χ0v) is 19.7. The minimum absolute atomic E-state index is 0.0291. The number of nitrogens with one attached hydrogen (secondary N) is 2. The predicted molar refractivity (Wildman–Crippen MR) is 133 cm³/mol. The molecule has 0 aliphatic heterocycles. The largest absolute Gasteiger partial charge is 0.481 e. The van der Waals surface area contributed by atoms with Gasteiger partial charge in [-0.15, -0.1) is 0 Å². The molecule has 2 amide bonds. The Morgan fingerprint density at radius 3 is 2.03 bits per heavy atom. The second kappa shape index (κ2) is 10.4. The fraction of sp³-hybridized carbons (Fsp3) is 0.250. The first kappa shape index (κ1) is 24.0. The predicted octanol–water partition coefficient (Wildman–Crippen LogP) is 5.13. The number of carbonyl (C=O) groups is 3. The standard InChI is InChI=1S/C28H28N2O5/c1-17(15-26(31)30-20-13-11-19(12-14-20)18(2)27(32)33)29-28(34)35-16-25-23-9-5-3-7-21(23)22-8-4-6-10-24(22)25/h3-14,17-18,25H,15-16H2,1-2H3,(H,29,34)(H,30,31)(H,32,33)/t17-,18?/m1/s1. The zero-order valence-electron chi connectivity index (χ0n) is 19.7. The molecule has 3 aromatic rings. The first-order valence-corrected chi connectivity index (χ1v) is 11.6. The summed E-state index contributed by atoms with van der Waals surface area (Å²) in [6, 6.07) is 22.5. The first-order chi connectivity index (χ1) is 16.8. The van der Waals surface area contributed by atoms with Gasteiger partial charge in [0.2, 0.25) is 5.91 Å². The molecule has 0 aromatic heterocycles. The molecule has 0 heterocycles. The van der Waals surface area contributed by atoms with Gasteiger partial charge in [0, 0.05) is 24.1 Å². The van der Waals surface area contributed by atoms with Gasteiger partial charge in [-0.1, -0.05) is 60.7 Å². The van der Waals surface area contributed by atoms with Gasteiger partial charge in [0.25, 0.3) is 0 Å². The van der Waals surface area contributed by atoms with E-state index in [1.807, 2.05) is 24.3 Å². The first-order valence-electron chi connectivity index (χ1n) is 11.6. The van der Waals surface area contributed by atoms with Crippen LogP contribution in [0.4, 0.5) is 10.5 Å². The number of carboxylic acid groups (broad SMARTS) is 1. The molecule has 0 bridgehead atoms. The molecule has 0 spiro atoms. The summed E-state index contributed by atoms with van der Waals surface area (Å²) in [4.78, 5) is 35.9. The SMILES string of the molecule is CC(C(=O)O)c1ccc(NC(=O)C[C@@H](C)NC(=O)OCC2c3ccccc3-c3ccccc32)cc1. The van der Waals surface area contributed by atoms with Gasteiger partial charge in [0.1, 0.15) is 6.61 Å². The van der Waals surface area contributed by atoms with Crippen LogP contribution < -0.4 is 10.6 Å². The lowest BCUT2D eigenvalue weighted by Gasteiger charge is -2.17. The van der Waals surface area contributed by atoms with Crippen molar-refractivity contribution in [3.8, 4) is 11.1 Å². The van der Waals surface area contributed by atoms with E-state index in [-0.39, 0.29) is 24.9 Å². The fourth-order valence-corrected chi connectivity index (χ4v) is 4.38.